The lowest BCUT2D eigenvalue weighted by molar-refractivity contribution is 0.477. The summed E-state index contributed by atoms with van der Waals surface area (Å²) in [6, 6.07) is 11.5. The maximum atomic E-state index is 15.0. The van der Waals surface area contributed by atoms with Gasteiger partial charge in [0.15, 0.2) is 0 Å². The maximum Gasteiger partial charge on any atom is 0.332 e. The molecule has 0 atom stereocenters. The quantitative estimate of drug-likeness (QED) is 0.283. The van der Waals surface area contributed by atoms with Crippen molar-refractivity contribution in [3.05, 3.63) is 82.4 Å². The van der Waals surface area contributed by atoms with E-state index in [1.54, 1.807) is 43.8 Å². The number of nitrogens with zero attached hydrogens (tertiary/aromatic N) is 4. The highest BCUT2D eigenvalue weighted by atomic mass is 35.5. The number of rotatable bonds is 4. The fourth-order valence-electron chi connectivity index (χ4n) is 4.91. The van der Waals surface area contributed by atoms with E-state index in [1.807, 2.05) is 26.0 Å². The van der Waals surface area contributed by atoms with Gasteiger partial charge >= 0.3 is 5.69 Å². The van der Waals surface area contributed by atoms with Crippen molar-refractivity contribution in [1.29, 1.82) is 0 Å². The van der Waals surface area contributed by atoms with Crippen LogP contribution >= 0.6 is 11.6 Å². The number of aromatic amines is 1. The van der Waals surface area contributed by atoms with E-state index in [9.17, 15) is 14.3 Å². The van der Waals surface area contributed by atoms with Crippen LogP contribution in [0.1, 0.15) is 13.8 Å². The van der Waals surface area contributed by atoms with Gasteiger partial charge in [0, 0.05) is 67.8 Å². The van der Waals surface area contributed by atoms with E-state index in [0.29, 0.717) is 33.0 Å². The van der Waals surface area contributed by atoms with Crippen LogP contribution in [0, 0.1) is 5.82 Å². The largest absolute Gasteiger partial charge is 0.507 e. The Labute approximate surface area is 230 Å². The number of imidazole rings is 1. The first-order chi connectivity index (χ1) is 18.9. The highest BCUT2D eigenvalue weighted by Gasteiger charge is 2.20. The van der Waals surface area contributed by atoms with E-state index in [4.69, 9.17) is 11.6 Å². The van der Waals surface area contributed by atoms with Gasteiger partial charge in [0.25, 0.3) is 0 Å². The number of hydrogen-bond donors (Lipinski definition) is 3. The average Bonchev–Trinajstić information content (AvgIpc) is 3.57. The van der Waals surface area contributed by atoms with Crippen LogP contribution in [-0.2, 0) is 7.05 Å². The van der Waals surface area contributed by atoms with Gasteiger partial charge < -0.3 is 19.9 Å². The van der Waals surface area contributed by atoms with Crippen LogP contribution in [-0.4, -0.2) is 50.6 Å². The highest BCUT2D eigenvalue weighted by Crippen LogP contribution is 2.42. The van der Waals surface area contributed by atoms with Gasteiger partial charge in [0.2, 0.25) is 0 Å². The van der Waals surface area contributed by atoms with E-state index < -0.39 is 5.82 Å². The smallest absolute Gasteiger partial charge is 0.332 e. The summed E-state index contributed by atoms with van der Waals surface area (Å²) in [5, 5.41) is 23.2. The second kappa shape index (κ2) is 11.0. The Balaban J connectivity index is 0.00000151. The van der Waals surface area contributed by atoms with Gasteiger partial charge in [-0.15, -0.1) is 0 Å². The molecule has 0 radical (unpaired) electrons. The minimum absolute atomic E-state index is 0.0628. The van der Waals surface area contributed by atoms with Crippen molar-refractivity contribution < 1.29 is 9.50 Å². The van der Waals surface area contributed by atoms with Crippen LogP contribution in [0.5, 0.6) is 5.75 Å². The SMILES string of the molecule is CC.Cn1ccn(-c2ccc(-c3cc(F)cc(-c4cc(N5CCNCC5)c5cn[nH]c5c4)c3O)cc2Cl)c1=O. The summed E-state index contributed by atoms with van der Waals surface area (Å²) < 4.78 is 17.8. The number of aryl methyl sites for hydroxylation is 1. The van der Waals surface area contributed by atoms with Crippen LogP contribution in [0.15, 0.2) is 65.8 Å². The third-order valence-electron chi connectivity index (χ3n) is 6.85. The van der Waals surface area contributed by atoms with Crippen LogP contribution in [0.3, 0.4) is 0 Å². The molecule has 0 bridgehead atoms. The topological polar surface area (TPSA) is 91.1 Å². The van der Waals surface area contributed by atoms with Crippen molar-refractivity contribution >= 4 is 28.2 Å². The van der Waals surface area contributed by atoms with Gasteiger partial charge in [-0.2, -0.15) is 5.10 Å². The summed E-state index contributed by atoms with van der Waals surface area (Å²) in [5.41, 5.74) is 3.91. The molecule has 1 saturated heterocycles. The summed E-state index contributed by atoms with van der Waals surface area (Å²) >= 11 is 6.54. The first kappa shape index (κ1) is 26.5. The Morgan fingerprint density at radius 1 is 0.974 bits per heavy atom. The molecule has 0 unspecified atom stereocenters. The Kier molecular flexibility index (Phi) is 7.45. The lowest BCUT2D eigenvalue weighted by Gasteiger charge is -2.30. The van der Waals surface area contributed by atoms with Crippen molar-refractivity contribution in [1.82, 2.24) is 24.6 Å². The van der Waals surface area contributed by atoms with E-state index in [0.717, 1.165) is 42.8 Å². The molecule has 8 nitrogen and oxygen atoms in total. The summed E-state index contributed by atoms with van der Waals surface area (Å²) in [7, 11) is 1.65. The Morgan fingerprint density at radius 2 is 1.69 bits per heavy atom. The van der Waals surface area contributed by atoms with Gasteiger partial charge in [-0.25, -0.2) is 9.18 Å². The predicted molar refractivity (Wildman–Crippen MR) is 155 cm³/mol. The Morgan fingerprint density at radius 3 is 2.36 bits per heavy atom. The van der Waals surface area contributed by atoms with Crippen molar-refractivity contribution in [3.63, 3.8) is 0 Å². The number of benzene rings is 3. The molecule has 3 aromatic carbocycles. The molecule has 10 heteroatoms. The number of aromatic nitrogens is 4. The molecule has 0 aliphatic carbocycles. The normalized spacial score (nSPS) is 13.4. The van der Waals surface area contributed by atoms with Crippen molar-refractivity contribution in [2.24, 2.45) is 7.05 Å². The van der Waals surface area contributed by atoms with E-state index in [-0.39, 0.29) is 11.4 Å². The lowest BCUT2D eigenvalue weighted by atomic mass is 9.95. The zero-order valence-corrected chi connectivity index (χ0v) is 22.8. The summed E-state index contributed by atoms with van der Waals surface area (Å²) in [6.07, 6.45) is 5.06. The molecule has 202 valence electrons. The molecule has 0 amide bonds. The molecule has 0 saturated carbocycles. The van der Waals surface area contributed by atoms with E-state index in [1.165, 1.54) is 21.3 Å². The molecule has 3 N–H and O–H groups in total. The standard InChI is InChI=1S/C27H24ClFN6O2.C2H6/c1-33-8-9-35(27(33)37)24-3-2-16(10-22(24)28)19-13-18(29)14-20(26(19)36)17-11-23-21(15-31-32-23)25(12-17)34-6-4-30-5-7-34;1-2/h2-3,8-15,30,36H,4-7H2,1H3,(H,31,32);1-2H3. The highest BCUT2D eigenvalue weighted by molar-refractivity contribution is 6.32. The Bertz CT molecular complexity index is 1700. The second-order valence-corrected chi connectivity index (χ2v) is 9.55. The van der Waals surface area contributed by atoms with E-state index in [2.05, 4.69) is 20.4 Å². The van der Waals surface area contributed by atoms with Crippen molar-refractivity contribution in [2.45, 2.75) is 13.8 Å². The molecule has 6 rings (SSSR count). The third kappa shape index (κ3) is 4.91. The fraction of sp³-hybridized carbons (Fsp3) is 0.241. The molecule has 39 heavy (non-hydrogen) atoms. The number of aromatic hydroxyl groups is 1. The molecule has 5 aromatic rings. The number of hydrogen-bond acceptors (Lipinski definition) is 5. The van der Waals surface area contributed by atoms with Gasteiger partial charge in [0.05, 0.1) is 22.4 Å². The lowest BCUT2D eigenvalue weighted by Crippen LogP contribution is -2.43. The van der Waals surface area contributed by atoms with Crippen LogP contribution in [0.25, 0.3) is 38.8 Å². The third-order valence-corrected chi connectivity index (χ3v) is 7.15. The molecule has 1 aliphatic heterocycles. The number of piperazine rings is 1. The van der Waals surface area contributed by atoms with Crippen molar-refractivity contribution in [2.75, 3.05) is 31.1 Å². The first-order valence-corrected chi connectivity index (χ1v) is 13.3. The average molecular weight is 549 g/mol. The summed E-state index contributed by atoms with van der Waals surface area (Å²) in [5.74, 6) is -0.553. The number of phenolic OH excluding ortho intramolecular Hbond substituents is 1. The first-order valence-electron chi connectivity index (χ1n) is 12.9. The fourth-order valence-corrected chi connectivity index (χ4v) is 5.18. The van der Waals surface area contributed by atoms with Crippen LogP contribution < -0.4 is 15.9 Å². The minimum atomic E-state index is -0.490. The molecule has 1 aliphatic rings. The zero-order valence-electron chi connectivity index (χ0n) is 22.0. The second-order valence-electron chi connectivity index (χ2n) is 9.14. The zero-order chi connectivity index (χ0) is 27.7. The number of phenols is 1. The predicted octanol–water partition coefficient (Wildman–Crippen LogP) is 5.32. The van der Waals surface area contributed by atoms with Crippen molar-refractivity contribution in [3.8, 4) is 33.7 Å². The number of fused-ring (bicyclic) bond motifs is 1. The maximum absolute atomic E-state index is 15.0. The molecule has 1 fully saturated rings. The van der Waals surface area contributed by atoms with Gasteiger partial charge in [-0.05, 0) is 47.5 Å². The van der Waals surface area contributed by atoms with Crippen LogP contribution in [0.4, 0.5) is 10.1 Å². The minimum Gasteiger partial charge on any atom is -0.507 e. The van der Waals surface area contributed by atoms with Crippen LogP contribution in [0.2, 0.25) is 5.02 Å². The number of halogens is 2. The summed E-state index contributed by atoms with van der Waals surface area (Å²) in [4.78, 5) is 14.6. The number of anilines is 1. The summed E-state index contributed by atoms with van der Waals surface area (Å²) in [6.45, 7) is 7.40. The molecule has 2 aromatic heterocycles. The van der Waals surface area contributed by atoms with E-state index >= 15 is 0 Å². The Hall–Kier alpha value is -4.08. The van der Waals surface area contributed by atoms with Gasteiger partial charge in [0.1, 0.15) is 11.6 Å². The van der Waals surface area contributed by atoms with Gasteiger partial charge in [-0.1, -0.05) is 31.5 Å². The molecule has 0 spiro atoms. The molecular weight excluding hydrogens is 519 g/mol. The number of H-pyrrole nitrogens is 1. The molecule has 3 heterocycles. The molecular formula is C29H30ClFN6O2. The number of nitrogens with one attached hydrogen (secondary N) is 2. The monoisotopic (exact) mass is 548 g/mol. The van der Waals surface area contributed by atoms with Gasteiger partial charge in [-0.3, -0.25) is 9.67 Å².